The first kappa shape index (κ1) is 32.6. The summed E-state index contributed by atoms with van der Waals surface area (Å²) in [5.74, 6) is -2.29. The lowest BCUT2D eigenvalue weighted by molar-refractivity contribution is -0.265. The number of alkyl halides is 3. The molecule has 0 saturated heterocycles. The molecule has 14 heteroatoms. The summed E-state index contributed by atoms with van der Waals surface area (Å²) in [6.07, 6.45) is -4.16. The van der Waals surface area contributed by atoms with Crippen molar-refractivity contribution in [1.29, 1.82) is 0 Å². The van der Waals surface area contributed by atoms with Gasteiger partial charge in [0.15, 0.2) is 0 Å². The molecule has 1 aliphatic heterocycles. The van der Waals surface area contributed by atoms with Crippen molar-refractivity contribution in [3.8, 4) is 22.8 Å². The quantitative estimate of drug-likeness (QED) is 0.219. The molecule has 10 nitrogen and oxygen atoms in total. The van der Waals surface area contributed by atoms with Crippen molar-refractivity contribution in [1.82, 2.24) is 15.3 Å². The first-order valence-electron chi connectivity index (χ1n) is 14.0. The van der Waals surface area contributed by atoms with Crippen molar-refractivity contribution in [3.05, 3.63) is 83.4 Å². The van der Waals surface area contributed by atoms with E-state index < -0.39 is 47.1 Å². The molecule has 4 aromatic rings. The van der Waals surface area contributed by atoms with E-state index in [4.69, 9.17) is 19.9 Å². The fourth-order valence-corrected chi connectivity index (χ4v) is 4.92. The Labute approximate surface area is 260 Å². The van der Waals surface area contributed by atoms with Crippen LogP contribution in [0.15, 0.2) is 60.8 Å². The van der Waals surface area contributed by atoms with Crippen LogP contribution in [0.2, 0.25) is 0 Å². The van der Waals surface area contributed by atoms with Crippen LogP contribution >= 0.6 is 0 Å². The van der Waals surface area contributed by atoms with Crippen molar-refractivity contribution >= 4 is 22.7 Å². The van der Waals surface area contributed by atoms with Crippen LogP contribution in [-0.4, -0.2) is 66.0 Å². The molecule has 0 unspecified atom stereocenters. The van der Waals surface area contributed by atoms with Gasteiger partial charge in [-0.25, -0.2) is 9.37 Å². The van der Waals surface area contributed by atoms with Gasteiger partial charge in [-0.15, -0.1) is 0 Å². The lowest BCUT2D eigenvalue weighted by atomic mass is 9.81. The molecule has 0 bridgehead atoms. The maximum Gasteiger partial charge on any atom is 0.424 e. The van der Waals surface area contributed by atoms with Gasteiger partial charge in [0.05, 0.1) is 18.3 Å². The number of nitrogens with two attached hydrogens (primary N) is 1. The zero-order chi connectivity index (χ0) is 33.4. The highest BCUT2D eigenvalue weighted by molar-refractivity contribution is 6.00. The number of aliphatic hydroxyl groups is 1. The highest BCUT2D eigenvalue weighted by atomic mass is 19.4. The molecule has 3 atom stereocenters. The largest absolute Gasteiger partial charge is 0.489 e. The second-order valence-electron chi connectivity index (χ2n) is 11.2. The number of carbonyl (C=O) groups excluding carboxylic acids is 2. The van der Waals surface area contributed by atoms with E-state index in [1.165, 1.54) is 44.5 Å². The number of pyridine rings is 2. The number of amides is 2. The minimum absolute atomic E-state index is 0.0367. The number of hydrogen-bond donors (Lipinski definition) is 3. The second-order valence-corrected chi connectivity index (χ2v) is 11.2. The van der Waals surface area contributed by atoms with Crippen molar-refractivity contribution < 1.29 is 46.5 Å². The Morgan fingerprint density at radius 2 is 1.89 bits per heavy atom. The van der Waals surface area contributed by atoms with Gasteiger partial charge in [0, 0.05) is 35.4 Å². The molecule has 0 spiro atoms. The molecule has 2 aromatic heterocycles. The maximum absolute atomic E-state index is 14.8. The minimum atomic E-state index is -5.37. The number of hydrogen-bond acceptors (Lipinski definition) is 8. The molecule has 1 aliphatic rings. The number of rotatable bonds is 10. The Kier molecular flexibility index (Phi) is 8.62. The third-order valence-electron chi connectivity index (χ3n) is 7.94. The molecule has 2 amide bonds. The van der Waals surface area contributed by atoms with Crippen molar-refractivity contribution in [2.75, 3.05) is 26.9 Å². The normalized spacial score (nSPS) is 17.9. The molecule has 2 aromatic carbocycles. The van der Waals surface area contributed by atoms with Gasteiger partial charge in [0.25, 0.3) is 5.91 Å². The average molecular weight is 643 g/mol. The van der Waals surface area contributed by atoms with Gasteiger partial charge in [-0.2, -0.15) is 13.2 Å². The fourth-order valence-electron chi connectivity index (χ4n) is 4.92. The van der Waals surface area contributed by atoms with E-state index in [1.807, 2.05) is 0 Å². The van der Waals surface area contributed by atoms with Gasteiger partial charge in [-0.1, -0.05) is 6.07 Å². The molecule has 0 radical (unpaired) electrons. The van der Waals surface area contributed by atoms with Crippen LogP contribution in [0, 0.1) is 5.82 Å². The third-order valence-corrected chi connectivity index (χ3v) is 7.94. The Morgan fingerprint density at radius 3 is 2.54 bits per heavy atom. The summed E-state index contributed by atoms with van der Waals surface area (Å²) in [6, 6.07) is 11.6. The first-order valence-corrected chi connectivity index (χ1v) is 14.0. The molecule has 242 valence electrons. The summed E-state index contributed by atoms with van der Waals surface area (Å²) in [5, 5.41) is 14.0. The number of aromatic nitrogens is 2. The van der Waals surface area contributed by atoms with E-state index in [9.17, 15) is 32.3 Å². The number of fused-ring (bicyclic) bond motifs is 2. The fraction of sp³-hybridized carbons (Fsp3) is 0.312. The molecular formula is C32H30F4N4O6. The zero-order valence-corrected chi connectivity index (χ0v) is 24.9. The Morgan fingerprint density at radius 1 is 1.17 bits per heavy atom. The summed E-state index contributed by atoms with van der Waals surface area (Å²) in [4.78, 5) is 34.1. The summed E-state index contributed by atoms with van der Waals surface area (Å²) in [5.41, 5.74) is -0.367. The van der Waals surface area contributed by atoms with Gasteiger partial charge in [0.2, 0.25) is 11.5 Å². The predicted molar refractivity (Wildman–Crippen MR) is 158 cm³/mol. The summed E-state index contributed by atoms with van der Waals surface area (Å²) in [6.45, 7) is 1.59. The van der Waals surface area contributed by atoms with Crippen LogP contribution in [-0.2, 0) is 20.5 Å². The Hall–Kier alpha value is -4.82. The highest BCUT2D eigenvalue weighted by Gasteiger charge is 2.57. The number of ether oxygens (including phenoxy) is 3. The molecule has 4 N–H and O–H groups in total. The van der Waals surface area contributed by atoms with E-state index >= 15 is 0 Å². The number of methoxy groups -OCH3 is 1. The Bertz CT molecular complexity index is 1800. The van der Waals surface area contributed by atoms with Crippen LogP contribution in [0.5, 0.6) is 11.5 Å². The Balaban J connectivity index is 1.55. The van der Waals surface area contributed by atoms with Crippen LogP contribution in [0.25, 0.3) is 22.2 Å². The van der Waals surface area contributed by atoms with Gasteiger partial charge in [0.1, 0.15) is 47.2 Å². The molecule has 3 heterocycles. The number of halogens is 4. The number of nitrogens with zero attached hydrogens (tertiary/aromatic N) is 2. The lowest BCUT2D eigenvalue weighted by Gasteiger charge is -2.31. The molecule has 0 fully saturated rings. The lowest BCUT2D eigenvalue weighted by Crippen LogP contribution is -2.51. The predicted octanol–water partition coefficient (Wildman–Crippen LogP) is 4.16. The summed E-state index contributed by atoms with van der Waals surface area (Å²) >= 11 is 0. The first-order chi connectivity index (χ1) is 21.7. The third kappa shape index (κ3) is 5.93. The van der Waals surface area contributed by atoms with Gasteiger partial charge >= 0.3 is 6.18 Å². The van der Waals surface area contributed by atoms with Gasteiger partial charge < -0.3 is 30.4 Å². The molecule has 46 heavy (non-hydrogen) atoms. The van der Waals surface area contributed by atoms with Crippen LogP contribution < -0.4 is 20.5 Å². The van der Waals surface area contributed by atoms with Crippen molar-refractivity contribution in [2.24, 2.45) is 5.73 Å². The molecular weight excluding hydrogens is 612 g/mol. The van der Waals surface area contributed by atoms with Gasteiger partial charge in [-0.3, -0.25) is 14.6 Å². The second kappa shape index (κ2) is 12.2. The van der Waals surface area contributed by atoms with Crippen LogP contribution in [0.4, 0.5) is 17.6 Å². The monoisotopic (exact) mass is 642 g/mol. The summed E-state index contributed by atoms with van der Waals surface area (Å²) in [7, 11) is 1.50. The summed E-state index contributed by atoms with van der Waals surface area (Å²) < 4.78 is 74.6. The number of nitrogens with one attached hydrogen (secondary N) is 1. The van der Waals surface area contributed by atoms with Gasteiger partial charge in [-0.05, 0) is 62.4 Å². The van der Waals surface area contributed by atoms with E-state index in [1.54, 1.807) is 19.1 Å². The minimum Gasteiger partial charge on any atom is -0.489 e. The number of carbonyl (C=O) groups is 2. The standard InChI is InChI=1S/C32H30F4N4O6/c1-17(44-3)14-45-23-12-20(11-19-5-4-10-38-25(19)23)28(41)39-15-31(43,32(34,35)36)24-13-22-27(46-16-30(22,2)29(37)42)26(40-24)18-6-8-21(33)9-7-18/h4-13,17,43H,14-16H2,1-3H3,(H2,37,42)(H,39,41)/t17-,30-,31-/m0/s1. The molecule has 0 saturated carbocycles. The van der Waals surface area contributed by atoms with E-state index in [2.05, 4.69) is 15.3 Å². The van der Waals surface area contributed by atoms with Crippen LogP contribution in [0.1, 0.15) is 35.5 Å². The zero-order valence-electron chi connectivity index (χ0n) is 24.9. The highest BCUT2D eigenvalue weighted by Crippen LogP contribution is 2.47. The smallest absolute Gasteiger partial charge is 0.424 e. The molecule has 0 aliphatic carbocycles. The number of primary amides is 1. The van der Waals surface area contributed by atoms with E-state index in [-0.39, 0.29) is 53.2 Å². The van der Waals surface area contributed by atoms with Crippen molar-refractivity contribution in [3.63, 3.8) is 0 Å². The maximum atomic E-state index is 14.8. The van der Waals surface area contributed by atoms with Crippen LogP contribution in [0.3, 0.4) is 0 Å². The van der Waals surface area contributed by atoms with E-state index in [0.717, 1.165) is 18.2 Å². The molecule has 5 rings (SSSR count). The van der Waals surface area contributed by atoms with E-state index in [0.29, 0.717) is 10.9 Å². The average Bonchev–Trinajstić information content (AvgIpc) is 3.39. The number of benzene rings is 2. The topological polar surface area (TPSA) is 146 Å². The van der Waals surface area contributed by atoms with Crippen molar-refractivity contribution in [2.45, 2.75) is 37.1 Å². The SMILES string of the molecule is CO[C@@H](C)COc1cc(C(=O)NC[C@](O)(c2cc3c(c(-c4ccc(F)cc4)n2)OC[C@]3(C)C(N)=O)C(F)(F)F)cc2cccnc12.